The third-order valence-electron chi connectivity index (χ3n) is 3.45. The predicted molar refractivity (Wildman–Crippen MR) is 52.7 cm³/mol. The van der Waals surface area contributed by atoms with Crippen LogP contribution >= 0.6 is 0 Å². The van der Waals surface area contributed by atoms with Crippen LogP contribution in [0.4, 0.5) is 83.4 Å². The van der Waals surface area contributed by atoms with E-state index in [1.807, 2.05) is 0 Å². The number of halogens is 19. The Kier molecular flexibility index (Phi) is 6.50. The van der Waals surface area contributed by atoms with E-state index in [1.165, 1.54) is 0 Å². The molecule has 30 heavy (non-hydrogen) atoms. The number of aliphatic hydroxyl groups excluding tert-OH is 1. The summed E-state index contributed by atoms with van der Waals surface area (Å²) in [4.78, 5) is 0. The Balaban J connectivity index is 7.06. The first-order valence-corrected chi connectivity index (χ1v) is 6.26. The van der Waals surface area contributed by atoms with Crippen molar-refractivity contribution in [3.05, 3.63) is 0 Å². The molecule has 0 atom stereocenters. The molecule has 0 aromatic rings. The number of hydrogen-bond donors (Lipinski definition) is 1. The topological polar surface area (TPSA) is 20.2 Å². The van der Waals surface area contributed by atoms with Crippen molar-refractivity contribution in [3.8, 4) is 0 Å². The first kappa shape index (κ1) is 28.6. The summed E-state index contributed by atoms with van der Waals surface area (Å²) in [6.07, 6.45) is -16.6. The van der Waals surface area contributed by atoms with Gasteiger partial charge in [-0.15, -0.1) is 0 Å². The van der Waals surface area contributed by atoms with Crippen LogP contribution in [0.15, 0.2) is 0 Å². The first-order chi connectivity index (χ1) is 12.6. The Morgan fingerprint density at radius 2 is 0.600 bits per heavy atom. The monoisotopic (exact) mass is 500 g/mol. The minimum Gasteiger partial charge on any atom is -0.390 e. The lowest BCUT2D eigenvalue weighted by Crippen LogP contribution is -2.77. The molecule has 0 amide bonds. The largest absolute Gasteiger partial charge is 0.438 e. The van der Waals surface area contributed by atoms with Gasteiger partial charge in [-0.2, -0.15) is 79.0 Å². The first-order valence-electron chi connectivity index (χ1n) is 6.26. The molecule has 0 aromatic carbocycles. The van der Waals surface area contributed by atoms with Crippen LogP contribution in [0.25, 0.3) is 0 Å². The van der Waals surface area contributed by atoms with E-state index in [0.717, 1.165) is 0 Å². The van der Waals surface area contributed by atoms with Crippen LogP contribution in [0.5, 0.6) is 0 Å². The van der Waals surface area contributed by atoms with Crippen molar-refractivity contribution in [2.45, 2.75) is 53.6 Å². The summed E-state index contributed by atoms with van der Waals surface area (Å²) >= 11 is 0. The zero-order chi connectivity index (χ0) is 25.2. The Labute approximate surface area is 150 Å². The van der Waals surface area contributed by atoms with Gasteiger partial charge in [0.05, 0.1) is 0 Å². The minimum atomic E-state index is -9.03. The SMILES string of the molecule is OCC(F)(F)C(F)(F)C(F)(F)C(F)(F)C(F)(F)C(F)(F)C(F)(C(F)(F)F)C(F)(F)F. The van der Waals surface area contributed by atoms with Crippen molar-refractivity contribution < 1.29 is 88.5 Å². The summed E-state index contributed by atoms with van der Waals surface area (Å²) in [5.74, 6) is -50.3. The van der Waals surface area contributed by atoms with E-state index in [9.17, 15) is 83.4 Å². The molecule has 0 fully saturated rings. The molecule has 20 heteroatoms. The average molecular weight is 500 g/mol. The third kappa shape index (κ3) is 3.23. The molecule has 0 aromatic heterocycles. The Bertz CT molecular complexity index is 610. The van der Waals surface area contributed by atoms with E-state index in [-0.39, 0.29) is 0 Å². The molecule has 0 unspecified atom stereocenters. The highest BCUT2D eigenvalue weighted by molar-refractivity contribution is 5.19. The van der Waals surface area contributed by atoms with Crippen molar-refractivity contribution in [3.63, 3.8) is 0 Å². The highest BCUT2D eigenvalue weighted by Crippen LogP contribution is 2.66. The molecule has 0 heterocycles. The Hall–Kier alpha value is -1.37. The van der Waals surface area contributed by atoms with Gasteiger partial charge in [-0.05, 0) is 0 Å². The van der Waals surface area contributed by atoms with Crippen molar-refractivity contribution in [2.75, 3.05) is 6.61 Å². The maximum absolute atomic E-state index is 13.2. The van der Waals surface area contributed by atoms with Gasteiger partial charge in [-0.1, -0.05) is 0 Å². The summed E-state index contributed by atoms with van der Waals surface area (Å²) in [7, 11) is 0. The van der Waals surface area contributed by atoms with Gasteiger partial charge in [0.15, 0.2) is 0 Å². The summed E-state index contributed by atoms with van der Waals surface area (Å²) < 4.78 is 242. The van der Waals surface area contributed by atoms with Crippen LogP contribution in [-0.2, 0) is 0 Å². The van der Waals surface area contributed by atoms with E-state index in [1.54, 1.807) is 0 Å². The zero-order valence-corrected chi connectivity index (χ0v) is 12.8. The smallest absolute Gasteiger partial charge is 0.390 e. The lowest BCUT2D eigenvalue weighted by Gasteiger charge is -2.44. The quantitative estimate of drug-likeness (QED) is 0.450. The molecule has 0 bridgehead atoms. The normalized spacial score (nSPS) is 16.8. The fraction of sp³-hybridized carbons (Fsp3) is 1.00. The van der Waals surface area contributed by atoms with Gasteiger partial charge >= 0.3 is 53.6 Å². The van der Waals surface area contributed by atoms with Gasteiger partial charge in [0.2, 0.25) is 0 Å². The maximum Gasteiger partial charge on any atom is 0.438 e. The molecule has 182 valence electrons. The second-order valence-corrected chi connectivity index (χ2v) is 5.39. The van der Waals surface area contributed by atoms with E-state index in [4.69, 9.17) is 5.11 Å². The molecule has 1 nitrogen and oxygen atoms in total. The lowest BCUT2D eigenvalue weighted by molar-refractivity contribution is -0.472. The number of aliphatic hydroxyl groups is 1. The van der Waals surface area contributed by atoms with Crippen LogP contribution in [0, 0.1) is 0 Å². The van der Waals surface area contributed by atoms with Gasteiger partial charge in [0.25, 0.3) is 0 Å². The third-order valence-corrected chi connectivity index (χ3v) is 3.45. The molecule has 1 N–H and O–H groups in total. The van der Waals surface area contributed by atoms with Crippen molar-refractivity contribution in [2.24, 2.45) is 0 Å². The van der Waals surface area contributed by atoms with E-state index < -0.39 is 60.2 Å². The molecule has 0 rings (SSSR count). The summed E-state index contributed by atoms with van der Waals surface area (Å²) in [6, 6.07) is 0. The van der Waals surface area contributed by atoms with Gasteiger partial charge in [0, 0.05) is 0 Å². The second-order valence-electron chi connectivity index (χ2n) is 5.39. The van der Waals surface area contributed by atoms with Gasteiger partial charge < -0.3 is 5.11 Å². The highest BCUT2D eigenvalue weighted by atomic mass is 19.4. The van der Waals surface area contributed by atoms with Crippen LogP contribution in [0.1, 0.15) is 0 Å². The predicted octanol–water partition coefficient (Wildman–Crippen LogP) is 5.62. The van der Waals surface area contributed by atoms with Crippen molar-refractivity contribution >= 4 is 0 Å². The van der Waals surface area contributed by atoms with Gasteiger partial charge in [0.1, 0.15) is 6.61 Å². The van der Waals surface area contributed by atoms with Crippen LogP contribution in [0.2, 0.25) is 0 Å². The van der Waals surface area contributed by atoms with E-state index in [0.29, 0.717) is 0 Å². The van der Waals surface area contributed by atoms with Crippen LogP contribution < -0.4 is 0 Å². The molecule has 0 aliphatic heterocycles. The summed E-state index contributed by atoms with van der Waals surface area (Å²) in [5.41, 5.74) is -8.75. The minimum absolute atomic E-state index is 3.56. The molecule has 0 aliphatic rings. The lowest BCUT2D eigenvalue weighted by atomic mass is 9.83. The number of alkyl halides is 19. The standard InChI is InChI=1S/C10H3F19O/c11-2(12,1-30)4(14,15)6(18,19)8(22,23)7(20,21)5(16,17)3(13,9(24,25)26)10(27,28)29/h30H,1H2. The average Bonchev–Trinajstić information content (AvgIpc) is 2.50. The maximum atomic E-state index is 13.2. The fourth-order valence-electron chi connectivity index (χ4n) is 1.65. The molecule has 0 aliphatic carbocycles. The van der Waals surface area contributed by atoms with Gasteiger partial charge in [-0.25, -0.2) is 4.39 Å². The second kappa shape index (κ2) is 6.81. The number of hydrogen-bond acceptors (Lipinski definition) is 1. The molecular formula is C10H3F19O. The molecular weight excluding hydrogens is 497 g/mol. The summed E-state index contributed by atoms with van der Waals surface area (Å²) in [6.45, 7) is -3.56. The molecule has 0 spiro atoms. The van der Waals surface area contributed by atoms with E-state index in [2.05, 4.69) is 0 Å². The van der Waals surface area contributed by atoms with Crippen LogP contribution in [-0.4, -0.2) is 65.3 Å². The van der Waals surface area contributed by atoms with Crippen LogP contribution in [0.3, 0.4) is 0 Å². The zero-order valence-electron chi connectivity index (χ0n) is 12.8. The van der Waals surface area contributed by atoms with Gasteiger partial charge in [-0.3, -0.25) is 0 Å². The molecule has 0 saturated carbocycles. The Morgan fingerprint density at radius 1 is 0.367 bits per heavy atom. The molecule has 0 saturated heterocycles. The number of rotatable bonds is 7. The highest BCUT2D eigenvalue weighted by Gasteiger charge is 2.98. The van der Waals surface area contributed by atoms with Crippen molar-refractivity contribution in [1.29, 1.82) is 0 Å². The van der Waals surface area contributed by atoms with Crippen molar-refractivity contribution in [1.82, 2.24) is 0 Å². The fourth-order valence-corrected chi connectivity index (χ4v) is 1.65. The summed E-state index contributed by atoms with van der Waals surface area (Å²) in [5, 5.41) is 7.76. The molecule has 0 radical (unpaired) electrons. The Morgan fingerprint density at radius 3 is 0.833 bits per heavy atom. The van der Waals surface area contributed by atoms with E-state index >= 15 is 0 Å².